The molecular formula is C22H25N5O2. The summed E-state index contributed by atoms with van der Waals surface area (Å²) in [6.07, 6.45) is 8.45. The van der Waals surface area contributed by atoms with E-state index in [1.54, 1.807) is 6.33 Å². The van der Waals surface area contributed by atoms with Gasteiger partial charge in [-0.25, -0.2) is 4.98 Å². The normalized spacial score (nSPS) is 25.2. The van der Waals surface area contributed by atoms with Crippen molar-refractivity contribution in [3.63, 3.8) is 0 Å². The molecule has 0 bridgehead atoms. The van der Waals surface area contributed by atoms with Gasteiger partial charge in [0.25, 0.3) is 11.6 Å². The second-order valence-electron chi connectivity index (χ2n) is 8.40. The van der Waals surface area contributed by atoms with E-state index >= 15 is 0 Å². The number of fused-ring (bicyclic) bond motifs is 2. The molecule has 1 aromatic carbocycles. The number of piperidine rings is 1. The number of nitrogens with zero attached hydrogens (tertiary/aromatic N) is 4. The summed E-state index contributed by atoms with van der Waals surface area (Å²) >= 11 is 0. The molecule has 1 aromatic heterocycles. The van der Waals surface area contributed by atoms with E-state index in [1.165, 1.54) is 0 Å². The van der Waals surface area contributed by atoms with Gasteiger partial charge in [-0.1, -0.05) is 12.1 Å². The summed E-state index contributed by atoms with van der Waals surface area (Å²) in [6.45, 7) is 3.99. The maximum Gasteiger partial charge on any atom is 0.287 e. The van der Waals surface area contributed by atoms with Crippen molar-refractivity contribution in [2.24, 2.45) is 10.7 Å². The van der Waals surface area contributed by atoms with Crippen LogP contribution in [0.4, 0.5) is 0 Å². The average Bonchev–Trinajstić information content (AvgIpc) is 3.02. The largest absolute Gasteiger partial charge is 0.452 e. The number of benzene rings is 1. The van der Waals surface area contributed by atoms with Gasteiger partial charge in [0, 0.05) is 12.5 Å². The number of amidine groups is 1. The standard InChI is InChI=1S/C22H25N5O2/c1-22-8-5-15(12-19(22)25-21(23)29-22)14-3-4-18-17(11-14)20(28)27(13-24-18)16-6-9-26(2)10-7-16/h3-5,11-13,16H,6-10H2,1-2H3,(H2,23,25). The highest BCUT2D eigenvalue weighted by molar-refractivity contribution is 5.87. The summed E-state index contributed by atoms with van der Waals surface area (Å²) in [4.78, 5) is 24.4. The summed E-state index contributed by atoms with van der Waals surface area (Å²) in [5.74, 6) is 0. The quantitative estimate of drug-likeness (QED) is 0.850. The fourth-order valence-corrected chi connectivity index (χ4v) is 4.43. The molecule has 7 heteroatoms. The maximum absolute atomic E-state index is 13.2. The minimum atomic E-state index is -0.493. The summed E-state index contributed by atoms with van der Waals surface area (Å²) in [5, 5.41) is 0.655. The molecule has 0 saturated carbocycles. The molecule has 2 N–H and O–H groups in total. The van der Waals surface area contributed by atoms with Gasteiger partial charge in [0.1, 0.15) is 0 Å². The van der Waals surface area contributed by atoms with Crippen molar-refractivity contribution in [3.8, 4) is 0 Å². The first-order valence-electron chi connectivity index (χ1n) is 10.1. The Balaban J connectivity index is 1.53. The van der Waals surface area contributed by atoms with E-state index in [1.807, 2.05) is 35.8 Å². The van der Waals surface area contributed by atoms with Gasteiger partial charge in [0.2, 0.25) is 0 Å². The average molecular weight is 391 g/mol. The second kappa shape index (κ2) is 6.56. The number of ether oxygens (including phenoxy) is 1. The number of aliphatic imine (C=N–C) groups is 1. The molecule has 1 fully saturated rings. The topological polar surface area (TPSA) is 85.7 Å². The van der Waals surface area contributed by atoms with Crippen molar-refractivity contribution in [3.05, 3.63) is 58.3 Å². The lowest BCUT2D eigenvalue weighted by Gasteiger charge is -2.30. The van der Waals surface area contributed by atoms with Gasteiger partial charge in [-0.3, -0.25) is 9.36 Å². The van der Waals surface area contributed by atoms with E-state index in [9.17, 15) is 4.79 Å². The highest BCUT2D eigenvalue weighted by atomic mass is 16.5. The van der Waals surface area contributed by atoms with Gasteiger partial charge in [-0.15, -0.1) is 0 Å². The Bertz CT molecular complexity index is 1140. The SMILES string of the molecule is CN1CCC(n2cnc3ccc(C4=CCC5(C)OC(N)=NC5=C4)cc3c2=O)CC1. The fourth-order valence-electron chi connectivity index (χ4n) is 4.43. The van der Waals surface area contributed by atoms with Gasteiger partial charge >= 0.3 is 0 Å². The van der Waals surface area contributed by atoms with Crippen LogP contribution in [-0.2, 0) is 4.74 Å². The lowest BCUT2D eigenvalue weighted by Crippen LogP contribution is -2.35. The number of rotatable bonds is 2. The summed E-state index contributed by atoms with van der Waals surface area (Å²) in [5.41, 5.74) is 8.85. The molecular weight excluding hydrogens is 366 g/mol. The van der Waals surface area contributed by atoms with Crippen LogP contribution in [0.15, 0.2) is 52.2 Å². The van der Waals surface area contributed by atoms with Gasteiger partial charge in [-0.2, -0.15) is 4.99 Å². The van der Waals surface area contributed by atoms with Crippen LogP contribution < -0.4 is 11.3 Å². The fraction of sp³-hybridized carbons (Fsp3) is 0.409. The molecule has 150 valence electrons. The Labute approximate surface area is 169 Å². The molecule has 0 spiro atoms. The maximum atomic E-state index is 13.2. The summed E-state index contributed by atoms with van der Waals surface area (Å²) < 4.78 is 7.48. The van der Waals surface area contributed by atoms with E-state index in [0.29, 0.717) is 11.8 Å². The van der Waals surface area contributed by atoms with Crippen LogP contribution in [0.5, 0.6) is 0 Å². The predicted molar refractivity (Wildman–Crippen MR) is 114 cm³/mol. The molecule has 3 heterocycles. The minimum Gasteiger partial charge on any atom is -0.452 e. The van der Waals surface area contributed by atoms with Crippen molar-refractivity contribution >= 4 is 22.5 Å². The first-order chi connectivity index (χ1) is 13.9. The summed E-state index contributed by atoms with van der Waals surface area (Å²) in [7, 11) is 2.12. The molecule has 7 nitrogen and oxygen atoms in total. The Morgan fingerprint density at radius 1 is 1.28 bits per heavy atom. The van der Waals surface area contributed by atoms with Crippen molar-refractivity contribution < 1.29 is 4.74 Å². The van der Waals surface area contributed by atoms with E-state index in [2.05, 4.69) is 28.0 Å². The zero-order valence-corrected chi connectivity index (χ0v) is 16.8. The van der Waals surface area contributed by atoms with Crippen LogP contribution in [0.1, 0.15) is 37.8 Å². The molecule has 0 amide bonds. The Kier molecular flexibility index (Phi) is 4.10. The Morgan fingerprint density at radius 2 is 2.07 bits per heavy atom. The first-order valence-corrected chi connectivity index (χ1v) is 10.1. The number of aromatic nitrogens is 2. The van der Waals surface area contributed by atoms with Crippen molar-refractivity contribution in [1.82, 2.24) is 14.5 Å². The Morgan fingerprint density at radius 3 is 2.86 bits per heavy atom. The lowest BCUT2D eigenvalue weighted by atomic mass is 9.88. The van der Waals surface area contributed by atoms with Gasteiger partial charge in [-0.05, 0) is 69.2 Å². The van der Waals surface area contributed by atoms with Crippen LogP contribution in [-0.4, -0.2) is 46.2 Å². The molecule has 1 aliphatic carbocycles. The monoisotopic (exact) mass is 391 g/mol. The van der Waals surface area contributed by atoms with Crippen LogP contribution in [0.2, 0.25) is 0 Å². The number of likely N-dealkylation sites (tertiary alicyclic amines) is 1. The molecule has 2 aliphatic heterocycles. The third-order valence-corrected chi connectivity index (χ3v) is 6.30. The molecule has 0 radical (unpaired) electrons. The van der Waals surface area contributed by atoms with Gasteiger partial charge in [0.05, 0.1) is 22.9 Å². The Hall–Kier alpha value is -2.93. The van der Waals surface area contributed by atoms with E-state index < -0.39 is 5.60 Å². The highest BCUT2D eigenvalue weighted by Crippen LogP contribution is 2.39. The zero-order valence-electron chi connectivity index (χ0n) is 16.8. The number of hydrogen-bond acceptors (Lipinski definition) is 6. The van der Waals surface area contributed by atoms with Gasteiger partial charge < -0.3 is 15.4 Å². The second-order valence-corrected chi connectivity index (χ2v) is 8.40. The molecule has 1 saturated heterocycles. The number of nitrogens with two attached hydrogens (primary N) is 1. The molecule has 5 rings (SSSR count). The molecule has 2 aromatic rings. The van der Waals surface area contributed by atoms with Crippen molar-refractivity contribution in [2.75, 3.05) is 20.1 Å². The van der Waals surface area contributed by atoms with Crippen LogP contribution >= 0.6 is 0 Å². The van der Waals surface area contributed by atoms with E-state index in [4.69, 9.17) is 10.5 Å². The minimum absolute atomic E-state index is 0.0340. The molecule has 29 heavy (non-hydrogen) atoms. The van der Waals surface area contributed by atoms with E-state index in [0.717, 1.165) is 48.3 Å². The predicted octanol–water partition coefficient (Wildman–Crippen LogP) is 2.44. The van der Waals surface area contributed by atoms with Crippen LogP contribution in [0.3, 0.4) is 0 Å². The summed E-state index contributed by atoms with van der Waals surface area (Å²) in [6, 6.07) is 6.29. The molecule has 3 aliphatic rings. The van der Waals surface area contributed by atoms with Gasteiger partial charge in [0.15, 0.2) is 5.60 Å². The first kappa shape index (κ1) is 18.1. The zero-order chi connectivity index (χ0) is 20.2. The molecule has 1 unspecified atom stereocenters. The lowest BCUT2D eigenvalue weighted by molar-refractivity contribution is 0.132. The van der Waals surface area contributed by atoms with Crippen molar-refractivity contribution in [2.45, 2.75) is 37.8 Å². The van der Waals surface area contributed by atoms with Crippen molar-refractivity contribution in [1.29, 1.82) is 0 Å². The number of allylic oxidation sites excluding steroid dienone is 2. The van der Waals surface area contributed by atoms with E-state index in [-0.39, 0.29) is 17.6 Å². The third-order valence-electron chi connectivity index (χ3n) is 6.30. The van der Waals surface area contributed by atoms with Crippen LogP contribution in [0.25, 0.3) is 16.5 Å². The smallest absolute Gasteiger partial charge is 0.287 e. The van der Waals surface area contributed by atoms with Crippen LogP contribution in [0, 0.1) is 0 Å². The molecule has 1 atom stereocenters. The number of hydrogen-bond donors (Lipinski definition) is 1. The third kappa shape index (κ3) is 3.06. The highest BCUT2D eigenvalue weighted by Gasteiger charge is 2.38.